The zero-order valence-corrected chi connectivity index (χ0v) is 19.4. The van der Waals surface area contributed by atoms with Crippen molar-refractivity contribution in [2.45, 2.75) is 13.2 Å². The maximum atomic E-state index is 13.4. The first-order valence-corrected chi connectivity index (χ1v) is 11.6. The van der Waals surface area contributed by atoms with Crippen LogP contribution in [0.15, 0.2) is 48.5 Å². The quantitative estimate of drug-likeness (QED) is 0.474. The van der Waals surface area contributed by atoms with Crippen molar-refractivity contribution in [1.29, 1.82) is 0 Å². The minimum atomic E-state index is -0.630. The molecule has 1 fully saturated rings. The lowest BCUT2D eigenvalue weighted by molar-refractivity contribution is 0.0276. The van der Waals surface area contributed by atoms with Gasteiger partial charge in [0.1, 0.15) is 17.7 Å². The second-order valence-electron chi connectivity index (χ2n) is 7.94. The fourth-order valence-corrected chi connectivity index (χ4v) is 4.99. The smallest absolute Gasteiger partial charge is 0.276 e. The summed E-state index contributed by atoms with van der Waals surface area (Å²) in [6, 6.07) is 13.5. The molecular weight excluding hydrogens is 457 g/mol. The number of rotatable bonds is 5. The van der Waals surface area contributed by atoms with E-state index in [-0.39, 0.29) is 24.2 Å². The van der Waals surface area contributed by atoms with Gasteiger partial charge in [-0.2, -0.15) is 5.10 Å². The SMILES string of the molecule is Cc1nc(C(=O)N2CCOC2CNC(=O)c2nn(C)c3ccccc23)c(-c2ccc(F)cc2)s1. The Hall–Kier alpha value is -3.63. The van der Waals surface area contributed by atoms with Crippen molar-refractivity contribution in [1.82, 2.24) is 25.0 Å². The molecule has 0 spiro atoms. The number of ether oxygens (including phenoxy) is 1. The van der Waals surface area contributed by atoms with Crippen LogP contribution in [-0.2, 0) is 11.8 Å². The highest BCUT2D eigenvalue weighted by molar-refractivity contribution is 7.15. The van der Waals surface area contributed by atoms with E-state index < -0.39 is 6.23 Å². The normalized spacial score (nSPS) is 15.7. The predicted octanol–water partition coefficient (Wildman–Crippen LogP) is 3.37. The Morgan fingerprint density at radius 1 is 1.18 bits per heavy atom. The van der Waals surface area contributed by atoms with Gasteiger partial charge in [0.2, 0.25) is 0 Å². The Balaban J connectivity index is 1.33. The molecule has 2 amide bonds. The third-order valence-electron chi connectivity index (χ3n) is 5.70. The fraction of sp³-hybridized carbons (Fsp3) is 0.250. The topological polar surface area (TPSA) is 89.3 Å². The van der Waals surface area contributed by atoms with Crippen LogP contribution in [0.3, 0.4) is 0 Å². The molecule has 1 atom stereocenters. The van der Waals surface area contributed by atoms with E-state index in [4.69, 9.17) is 4.74 Å². The van der Waals surface area contributed by atoms with Gasteiger partial charge in [0.25, 0.3) is 11.8 Å². The Morgan fingerprint density at radius 2 is 1.94 bits per heavy atom. The number of nitrogens with one attached hydrogen (secondary N) is 1. The number of carbonyl (C=O) groups is 2. The van der Waals surface area contributed by atoms with Crippen molar-refractivity contribution in [3.8, 4) is 10.4 Å². The number of aryl methyl sites for hydroxylation is 2. The van der Waals surface area contributed by atoms with E-state index in [2.05, 4.69) is 15.4 Å². The molecule has 1 N–H and O–H groups in total. The van der Waals surface area contributed by atoms with Crippen LogP contribution in [0.1, 0.15) is 26.0 Å². The van der Waals surface area contributed by atoms with Crippen LogP contribution in [0, 0.1) is 12.7 Å². The first-order valence-electron chi connectivity index (χ1n) is 10.8. The van der Waals surface area contributed by atoms with Gasteiger partial charge in [-0.1, -0.05) is 30.3 Å². The van der Waals surface area contributed by atoms with Gasteiger partial charge in [-0.3, -0.25) is 14.3 Å². The lowest BCUT2D eigenvalue weighted by Gasteiger charge is -2.23. The van der Waals surface area contributed by atoms with E-state index in [1.165, 1.54) is 23.5 Å². The van der Waals surface area contributed by atoms with Crippen molar-refractivity contribution >= 4 is 34.1 Å². The van der Waals surface area contributed by atoms with Gasteiger partial charge in [-0.05, 0) is 30.7 Å². The largest absolute Gasteiger partial charge is 0.355 e. The molecule has 5 rings (SSSR count). The average Bonchev–Trinajstić information content (AvgIpc) is 3.55. The van der Waals surface area contributed by atoms with E-state index >= 15 is 0 Å². The summed E-state index contributed by atoms with van der Waals surface area (Å²) in [5.74, 6) is -0.970. The summed E-state index contributed by atoms with van der Waals surface area (Å²) in [6.45, 7) is 2.67. The second-order valence-corrected chi connectivity index (χ2v) is 9.14. The molecule has 8 nitrogen and oxygen atoms in total. The number of aromatic nitrogens is 3. The van der Waals surface area contributed by atoms with Crippen LogP contribution in [0.25, 0.3) is 21.3 Å². The molecule has 3 heterocycles. The maximum absolute atomic E-state index is 13.4. The Kier molecular flexibility index (Phi) is 5.84. The minimum Gasteiger partial charge on any atom is -0.355 e. The maximum Gasteiger partial charge on any atom is 0.276 e. The van der Waals surface area contributed by atoms with Gasteiger partial charge in [0.15, 0.2) is 5.69 Å². The summed E-state index contributed by atoms with van der Waals surface area (Å²) in [5, 5.41) is 8.67. The van der Waals surface area contributed by atoms with Gasteiger partial charge >= 0.3 is 0 Å². The molecule has 1 aliphatic heterocycles. The van der Waals surface area contributed by atoms with Crippen molar-refractivity contribution in [2.75, 3.05) is 19.7 Å². The summed E-state index contributed by atoms with van der Waals surface area (Å²) in [5.41, 5.74) is 2.20. The summed E-state index contributed by atoms with van der Waals surface area (Å²) in [7, 11) is 1.79. The summed E-state index contributed by atoms with van der Waals surface area (Å²) in [4.78, 5) is 33.0. The molecule has 1 saturated heterocycles. The van der Waals surface area contributed by atoms with Crippen LogP contribution in [0.2, 0.25) is 0 Å². The van der Waals surface area contributed by atoms with Crippen LogP contribution in [-0.4, -0.2) is 57.4 Å². The van der Waals surface area contributed by atoms with Crippen LogP contribution >= 0.6 is 11.3 Å². The van der Waals surface area contributed by atoms with Crippen LogP contribution < -0.4 is 5.32 Å². The highest BCUT2D eigenvalue weighted by atomic mass is 32.1. The van der Waals surface area contributed by atoms with Crippen LogP contribution in [0.4, 0.5) is 4.39 Å². The highest BCUT2D eigenvalue weighted by Gasteiger charge is 2.34. The number of carbonyl (C=O) groups excluding carboxylic acids is 2. The van der Waals surface area contributed by atoms with Gasteiger partial charge in [-0.25, -0.2) is 9.37 Å². The number of nitrogens with zero attached hydrogens (tertiary/aromatic N) is 4. The molecule has 0 bridgehead atoms. The Morgan fingerprint density at radius 3 is 2.74 bits per heavy atom. The zero-order chi connectivity index (χ0) is 23.8. The zero-order valence-electron chi connectivity index (χ0n) is 18.6. The van der Waals surface area contributed by atoms with E-state index in [0.717, 1.165) is 21.5 Å². The number of amides is 2. The standard InChI is InChI=1S/C24H22FN5O3S/c1-14-27-21(22(34-14)15-7-9-16(25)10-8-15)24(32)30-11-12-33-19(30)13-26-23(31)20-17-5-3-4-6-18(17)29(2)28-20/h3-10,19H,11-13H2,1-2H3,(H,26,31). The summed E-state index contributed by atoms with van der Waals surface area (Å²) in [6.07, 6.45) is -0.630. The van der Waals surface area contributed by atoms with Gasteiger partial charge in [0.05, 0.1) is 28.6 Å². The predicted molar refractivity (Wildman–Crippen MR) is 126 cm³/mol. The number of thiazole rings is 1. The molecule has 1 unspecified atom stereocenters. The van der Waals surface area contributed by atoms with Crippen molar-refractivity contribution < 1.29 is 18.7 Å². The number of halogens is 1. The average molecular weight is 480 g/mol. The minimum absolute atomic E-state index is 0.116. The Labute approximate surface area is 199 Å². The Bertz CT molecular complexity index is 1380. The third kappa shape index (κ3) is 4.06. The molecule has 2 aromatic heterocycles. The van der Waals surface area contributed by atoms with Gasteiger partial charge in [0, 0.05) is 19.0 Å². The lowest BCUT2D eigenvalue weighted by Crippen LogP contribution is -2.44. The molecule has 0 aliphatic carbocycles. The number of hydrogen-bond acceptors (Lipinski definition) is 6. The molecule has 10 heteroatoms. The summed E-state index contributed by atoms with van der Waals surface area (Å²) < 4.78 is 20.8. The number of fused-ring (bicyclic) bond motifs is 1. The molecule has 34 heavy (non-hydrogen) atoms. The number of benzene rings is 2. The summed E-state index contributed by atoms with van der Waals surface area (Å²) >= 11 is 1.38. The molecule has 4 aromatic rings. The first-order chi connectivity index (χ1) is 16.4. The molecule has 1 aliphatic rings. The van der Waals surface area contributed by atoms with E-state index in [0.29, 0.717) is 29.4 Å². The van der Waals surface area contributed by atoms with E-state index in [9.17, 15) is 14.0 Å². The van der Waals surface area contributed by atoms with Gasteiger partial charge in [-0.15, -0.1) is 11.3 Å². The fourth-order valence-electron chi connectivity index (χ4n) is 4.07. The van der Waals surface area contributed by atoms with E-state index in [1.54, 1.807) is 28.8 Å². The van der Waals surface area contributed by atoms with Crippen molar-refractivity contribution in [3.63, 3.8) is 0 Å². The molecule has 2 aromatic carbocycles. The third-order valence-corrected chi connectivity index (χ3v) is 6.72. The molecule has 0 radical (unpaired) electrons. The monoisotopic (exact) mass is 479 g/mol. The van der Waals surface area contributed by atoms with Crippen LogP contribution in [0.5, 0.6) is 0 Å². The number of hydrogen-bond donors (Lipinski definition) is 1. The van der Waals surface area contributed by atoms with Crippen molar-refractivity contribution in [2.24, 2.45) is 7.05 Å². The highest BCUT2D eigenvalue weighted by Crippen LogP contribution is 2.32. The second kappa shape index (κ2) is 8.96. The molecule has 174 valence electrons. The van der Waals surface area contributed by atoms with Crippen molar-refractivity contribution in [3.05, 3.63) is 70.7 Å². The molecular formula is C24H22FN5O3S. The molecule has 0 saturated carbocycles. The lowest BCUT2D eigenvalue weighted by atomic mass is 10.1. The van der Waals surface area contributed by atoms with E-state index in [1.807, 2.05) is 31.2 Å². The number of para-hydroxylation sites is 1. The first kappa shape index (κ1) is 22.2. The van der Waals surface area contributed by atoms with Gasteiger partial charge < -0.3 is 15.0 Å².